The number of aliphatic carboxylic acids is 1. The Morgan fingerprint density at radius 2 is 1.03 bits per heavy atom. The van der Waals surface area contributed by atoms with Crippen molar-refractivity contribution in [1.82, 2.24) is 0 Å². The summed E-state index contributed by atoms with van der Waals surface area (Å²) in [5.74, 6) is -1.82. The second kappa shape index (κ2) is 23.6. The lowest BCUT2D eigenvalue weighted by Gasteiger charge is -2.23. The Labute approximate surface area is 204 Å². The number of carboxylic acids is 1. The lowest BCUT2D eigenvalue weighted by Crippen LogP contribution is -2.48. The molecule has 0 spiro atoms. The summed E-state index contributed by atoms with van der Waals surface area (Å²) in [5.41, 5.74) is 0. The molecule has 0 heterocycles. The van der Waals surface area contributed by atoms with Gasteiger partial charge in [0.05, 0.1) is 6.61 Å². The molecule has 0 radical (unpaired) electrons. The van der Waals surface area contributed by atoms with Gasteiger partial charge in [-0.3, -0.25) is 4.79 Å². The molecule has 0 aliphatic carbocycles. The van der Waals surface area contributed by atoms with Gasteiger partial charge in [-0.05, 0) is 13.3 Å². The van der Waals surface area contributed by atoms with Crippen LogP contribution in [0.25, 0.3) is 0 Å². The highest BCUT2D eigenvalue weighted by Crippen LogP contribution is 2.13. The van der Waals surface area contributed by atoms with Crippen LogP contribution in [0.2, 0.25) is 0 Å². The van der Waals surface area contributed by atoms with E-state index in [4.69, 9.17) is 35.7 Å². The summed E-state index contributed by atoms with van der Waals surface area (Å²) >= 11 is 0. The molecule has 0 saturated carbocycles. The van der Waals surface area contributed by atoms with Crippen molar-refractivity contribution in [2.24, 2.45) is 0 Å². The maximum atomic E-state index is 10.5. The molecule has 0 fully saturated rings. The first-order chi connectivity index (χ1) is 16.1. The lowest BCUT2D eigenvalue weighted by atomic mass is 10.0. The molecule has 5 atom stereocenters. The molecule has 9 nitrogen and oxygen atoms in total. The van der Waals surface area contributed by atoms with Crippen LogP contribution in [0.15, 0.2) is 0 Å². The van der Waals surface area contributed by atoms with E-state index in [1.807, 2.05) is 0 Å². The van der Waals surface area contributed by atoms with Crippen molar-refractivity contribution in [3.05, 3.63) is 0 Å². The van der Waals surface area contributed by atoms with Crippen molar-refractivity contribution >= 4 is 11.8 Å². The van der Waals surface area contributed by atoms with E-state index < -0.39 is 48.9 Å². The molecule has 0 aromatic heterocycles. The van der Waals surface area contributed by atoms with Crippen LogP contribution in [0.1, 0.15) is 110 Å². The standard InChI is InChI=1S/C18H36O3.C7H14O6/c1-2-3-4-5-6-7-8-9-10-11-12-13-14-15-16-17(19)18(20)21;1-3(9)5(11)7(13)6(12)4(10)2-8/h17,19H,2-16H2,1H3,(H,20,21);4-8,10-13H,2H2,1H3. The normalized spacial score (nSPS) is 15.5. The number of unbranched alkanes of at least 4 members (excludes halogenated alkanes) is 13. The number of carboxylic acid groups (broad SMARTS) is 1. The zero-order valence-electron chi connectivity index (χ0n) is 21.1. The first-order valence-electron chi connectivity index (χ1n) is 12.8. The molecule has 9 heteroatoms. The minimum atomic E-state index is -1.79. The zero-order chi connectivity index (χ0) is 26.4. The highest BCUT2D eigenvalue weighted by molar-refractivity contribution is 5.80. The molecule has 7 N–H and O–H groups in total. The topological polar surface area (TPSA) is 176 Å². The summed E-state index contributed by atoms with van der Waals surface area (Å²) in [6, 6.07) is 0. The molecule has 0 aliphatic rings. The van der Waals surface area contributed by atoms with E-state index in [9.17, 15) is 9.59 Å². The third kappa shape index (κ3) is 20.3. The monoisotopic (exact) mass is 494 g/mol. The predicted molar refractivity (Wildman–Crippen MR) is 130 cm³/mol. The minimum Gasteiger partial charge on any atom is -0.479 e. The van der Waals surface area contributed by atoms with Crippen molar-refractivity contribution in [3.63, 3.8) is 0 Å². The predicted octanol–water partition coefficient (Wildman–Crippen LogP) is 2.31. The SMILES string of the molecule is CC(=O)C(O)C(O)C(O)C(O)CO.CCCCCCCCCCCCCCCCC(O)C(=O)O. The van der Waals surface area contributed by atoms with Gasteiger partial charge in [0.1, 0.15) is 24.4 Å². The van der Waals surface area contributed by atoms with Crippen molar-refractivity contribution < 1.29 is 45.3 Å². The molecular weight excluding hydrogens is 444 g/mol. The van der Waals surface area contributed by atoms with Crippen molar-refractivity contribution in [2.75, 3.05) is 6.61 Å². The number of aliphatic hydroxyl groups excluding tert-OH is 6. The quantitative estimate of drug-likeness (QED) is 0.118. The maximum absolute atomic E-state index is 10.5. The fourth-order valence-corrected chi connectivity index (χ4v) is 3.42. The van der Waals surface area contributed by atoms with E-state index in [1.54, 1.807) is 0 Å². The van der Waals surface area contributed by atoms with Crippen LogP contribution >= 0.6 is 0 Å². The fourth-order valence-electron chi connectivity index (χ4n) is 3.42. The highest BCUT2D eigenvalue weighted by Gasteiger charge is 2.32. The molecule has 0 bridgehead atoms. The van der Waals surface area contributed by atoms with Crippen molar-refractivity contribution in [2.45, 2.75) is 141 Å². The number of aliphatic hydroxyl groups is 6. The van der Waals surface area contributed by atoms with Gasteiger partial charge in [0.15, 0.2) is 11.9 Å². The Balaban J connectivity index is 0. The van der Waals surface area contributed by atoms with Gasteiger partial charge in [-0.25, -0.2) is 4.79 Å². The van der Waals surface area contributed by atoms with Gasteiger partial charge in [-0.1, -0.05) is 96.8 Å². The molecule has 0 aliphatic heterocycles. The van der Waals surface area contributed by atoms with Crippen LogP contribution in [0.4, 0.5) is 0 Å². The molecule has 5 unspecified atom stereocenters. The highest BCUT2D eigenvalue weighted by atomic mass is 16.4. The molecule has 0 rings (SSSR count). The molecule has 0 amide bonds. The largest absolute Gasteiger partial charge is 0.479 e. The molecule has 34 heavy (non-hydrogen) atoms. The average Bonchev–Trinajstić information content (AvgIpc) is 2.82. The summed E-state index contributed by atoms with van der Waals surface area (Å²) in [5, 5.41) is 61.9. The van der Waals surface area contributed by atoms with Crippen LogP contribution in [-0.4, -0.2) is 84.6 Å². The molecule has 0 aromatic rings. The van der Waals surface area contributed by atoms with Gasteiger partial charge in [-0.2, -0.15) is 0 Å². The Morgan fingerprint density at radius 1 is 0.647 bits per heavy atom. The second-order valence-corrected chi connectivity index (χ2v) is 9.03. The van der Waals surface area contributed by atoms with E-state index in [0.717, 1.165) is 19.8 Å². The van der Waals surface area contributed by atoms with Crippen LogP contribution in [0.5, 0.6) is 0 Å². The number of hydrogen-bond acceptors (Lipinski definition) is 8. The Kier molecular flexibility index (Phi) is 24.4. The van der Waals surface area contributed by atoms with E-state index in [1.165, 1.54) is 77.0 Å². The van der Waals surface area contributed by atoms with E-state index in [-0.39, 0.29) is 0 Å². The number of hydrogen-bond donors (Lipinski definition) is 7. The van der Waals surface area contributed by atoms with Crippen molar-refractivity contribution in [1.29, 1.82) is 0 Å². The van der Waals surface area contributed by atoms with Gasteiger partial charge >= 0.3 is 5.97 Å². The van der Waals surface area contributed by atoms with E-state index >= 15 is 0 Å². The van der Waals surface area contributed by atoms with E-state index in [0.29, 0.717) is 6.42 Å². The zero-order valence-corrected chi connectivity index (χ0v) is 21.1. The van der Waals surface area contributed by atoms with Crippen LogP contribution in [-0.2, 0) is 9.59 Å². The third-order valence-corrected chi connectivity index (χ3v) is 5.79. The number of Topliss-reactive ketones (excluding diaryl/α,β-unsaturated/α-hetero) is 1. The molecule has 0 aromatic carbocycles. The smallest absolute Gasteiger partial charge is 0.332 e. The van der Waals surface area contributed by atoms with Crippen molar-refractivity contribution in [3.8, 4) is 0 Å². The second-order valence-electron chi connectivity index (χ2n) is 9.03. The summed E-state index contributed by atoms with van der Waals surface area (Å²) < 4.78 is 0. The average molecular weight is 495 g/mol. The van der Waals surface area contributed by atoms with Gasteiger partial charge in [-0.15, -0.1) is 0 Å². The van der Waals surface area contributed by atoms with E-state index in [2.05, 4.69) is 6.92 Å². The van der Waals surface area contributed by atoms with Crippen LogP contribution in [0, 0.1) is 0 Å². The Bertz CT molecular complexity index is 487. The number of carbonyl (C=O) groups excluding carboxylic acids is 1. The summed E-state index contributed by atoms with van der Waals surface area (Å²) in [7, 11) is 0. The maximum Gasteiger partial charge on any atom is 0.332 e. The summed E-state index contributed by atoms with van der Waals surface area (Å²) in [4.78, 5) is 20.9. The van der Waals surface area contributed by atoms with Crippen LogP contribution < -0.4 is 0 Å². The van der Waals surface area contributed by atoms with Gasteiger partial charge in [0, 0.05) is 0 Å². The fraction of sp³-hybridized carbons (Fsp3) is 0.920. The van der Waals surface area contributed by atoms with Gasteiger partial charge in [0.2, 0.25) is 0 Å². The lowest BCUT2D eigenvalue weighted by molar-refractivity contribution is -0.147. The van der Waals surface area contributed by atoms with Gasteiger partial charge in [0.25, 0.3) is 0 Å². The molecule has 0 saturated heterocycles. The minimum absolute atomic E-state index is 0.396. The first kappa shape index (κ1) is 35.1. The Morgan fingerprint density at radius 3 is 1.35 bits per heavy atom. The summed E-state index contributed by atoms with van der Waals surface area (Å²) in [6.07, 6.45) is 10.4. The molecule has 204 valence electrons. The van der Waals surface area contributed by atoms with Gasteiger partial charge < -0.3 is 35.7 Å². The molecular formula is C25H50O9. The first-order valence-corrected chi connectivity index (χ1v) is 12.8. The number of rotatable bonds is 21. The summed E-state index contributed by atoms with van der Waals surface area (Å²) in [6.45, 7) is 2.53. The Hall–Kier alpha value is -1.10. The number of carbonyl (C=O) groups is 2. The third-order valence-electron chi connectivity index (χ3n) is 5.79. The van der Waals surface area contributed by atoms with Crippen LogP contribution in [0.3, 0.4) is 0 Å². The number of ketones is 1.